The van der Waals surface area contributed by atoms with E-state index in [0.29, 0.717) is 12.1 Å². The fourth-order valence-corrected chi connectivity index (χ4v) is 2.85. The Morgan fingerprint density at radius 1 is 1.27 bits per heavy atom. The van der Waals surface area contributed by atoms with E-state index in [9.17, 15) is 9.18 Å². The van der Waals surface area contributed by atoms with E-state index in [1.807, 2.05) is 6.92 Å². The summed E-state index contributed by atoms with van der Waals surface area (Å²) in [7, 11) is 0. The van der Waals surface area contributed by atoms with Crippen LogP contribution in [0.2, 0.25) is 0 Å². The molecule has 0 bridgehead atoms. The van der Waals surface area contributed by atoms with E-state index in [0.717, 1.165) is 30.9 Å². The molecule has 1 unspecified atom stereocenters. The summed E-state index contributed by atoms with van der Waals surface area (Å²) in [6.45, 7) is 3.42. The summed E-state index contributed by atoms with van der Waals surface area (Å²) in [5.41, 5.74) is 1.44. The largest absolute Gasteiger partial charge is 0.355 e. The lowest BCUT2D eigenvalue weighted by Gasteiger charge is -2.32. The van der Waals surface area contributed by atoms with Crippen LogP contribution in [0.15, 0.2) is 36.7 Å². The van der Waals surface area contributed by atoms with Crippen molar-refractivity contribution in [2.24, 2.45) is 5.92 Å². The number of benzene rings is 1. The van der Waals surface area contributed by atoms with Crippen molar-refractivity contribution in [2.75, 3.05) is 18.0 Å². The molecule has 22 heavy (non-hydrogen) atoms. The number of aryl methyl sites for hydroxylation is 1. The number of rotatable bonds is 3. The number of Topliss-reactive ketones (excluding diaryl/α,β-unsaturated/α-hetero) is 1. The van der Waals surface area contributed by atoms with E-state index in [2.05, 4.69) is 14.9 Å². The average molecular weight is 299 g/mol. The average Bonchev–Trinajstić information content (AvgIpc) is 2.55. The van der Waals surface area contributed by atoms with Crippen LogP contribution in [-0.2, 0) is 0 Å². The van der Waals surface area contributed by atoms with Crippen molar-refractivity contribution in [2.45, 2.75) is 19.8 Å². The van der Waals surface area contributed by atoms with Crippen molar-refractivity contribution >= 4 is 11.6 Å². The number of carbonyl (C=O) groups excluding carboxylic acids is 1. The first-order valence-electron chi connectivity index (χ1n) is 7.47. The number of ketones is 1. The highest BCUT2D eigenvalue weighted by Gasteiger charge is 2.27. The molecule has 0 saturated carbocycles. The number of hydrogen-bond donors (Lipinski definition) is 0. The van der Waals surface area contributed by atoms with Crippen molar-refractivity contribution in [3.05, 3.63) is 53.7 Å². The molecule has 0 amide bonds. The summed E-state index contributed by atoms with van der Waals surface area (Å²) < 4.78 is 13.0. The quantitative estimate of drug-likeness (QED) is 0.817. The van der Waals surface area contributed by atoms with Crippen LogP contribution in [0, 0.1) is 18.7 Å². The first kappa shape index (κ1) is 14.6. The molecule has 1 aromatic carbocycles. The topological polar surface area (TPSA) is 46.1 Å². The maximum atomic E-state index is 13.0. The van der Waals surface area contributed by atoms with Crippen molar-refractivity contribution in [3.8, 4) is 0 Å². The molecule has 0 radical (unpaired) electrons. The van der Waals surface area contributed by atoms with Gasteiger partial charge in [0.05, 0.1) is 11.9 Å². The molecule has 4 nitrogen and oxygen atoms in total. The van der Waals surface area contributed by atoms with Gasteiger partial charge in [-0.15, -0.1) is 0 Å². The third kappa shape index (κ3) is 3.13. The summed E-state index contributed by atoms with van der Waals surface area (Å²) in [5, 5.41) is 0. The highest BCUT2D eigenvalue weighted by Crippen LogP contribution is 2.24. The van der Waals surface area contributed by atoms with Gasteiger partial charge < -0.3 is 4.90 Å². The summed E-state index contributed by atoms with van der Waals surface area (Å²) in [6.07, 6.45) is 5.24. The van der Waals surface area contributed by atoms with Crippen LogP contribution >= 0.6 is 0 Å². The number of hydrogen-bond acceptors (Lipinski definition) is 4. The number of halogens is 1. The van der Waals surface area contributed by atoms with Gasteiger partial charge in [0.25, 0.3) is 0 Å². The Morgan fingerprint density at radius 2 is 2.05 bits per heavy atom. The van der Waals surface area contributed by atoms with Crippen LogP contribution < -0.4 is 4.90 Å². The normalized spacial score (nSPS) is 18.3. The lowest BCUT2D eigenvalue weighted by Crippen LogP contribution is -2.39. The Hall–Kier alpha value is -2.30. The molecule has 1 aliphatic heterocycles. The van der Waals surface area contributed by atoms with E-state index in [4.69, 9.17) is 0 Å². The molecule has 2 aromatic rings. The van der Waals surface area contributed by atoms with Gasteiger partial charge in [0.2, 0.25) is 0 Å². The molecule has 0 spiro atoms. The van der Waals surface area contributed by atoms with Gasteiger partial charge in [0, 0.05) is 30.8 Å². The molecule has 2 heterocycles. The number of nitrogens with zero attached hydrogens (tertiary/aromatic N) is 3. The van der Waals surface area contributed by atoms with Crippen molar-refractivity contribution in [1.29, 1.82) is 0 Å². The van der Waals surface area contributed by atoms with Gasteiger partial charge in [-0.1, -0.05) is 0 Å². The van der Waals surface area contributed by atoms with E-state index < -0.39 is 0 Å². The van der Waals surface area contributed by atoms with Crippen LogP contribution in [-0.4, -0.2) is 28.8 Å². The van der Waals surface area contributed by atoms with E-state index >= 15 is 0 Å². The van der Waals surface area contributed by atoms with E-state index in [1.54, 1.807) is 24.5 Å². The first-order valence-corrected chi connectivity index (χ1v) is 7.47. The van der Waals surface area contributed by atoms with Gasteiger partial charge in [-0.2, -0.15) is 0 Å². The zero-order valence-electron chi connectivity index (χ0n) is 12.5. The summed E-state index contributed by atoms with van der Waals surface area (Å²) in [4.78, 5) is 23.3. The van der Waals surface area contributed by atoms with Crippen LogP contribution in [0.25, 0.3) is 0 Å². The maximum Gasteiger partial charge on any atom is 0.167 e. The van der Waals surface area contributed by atoms with Gasteiger partial charge in [-0.25, -0.2) is 9.37 Å². The Balaban J connectivity index is 1.75. The van der Waals surface area contributed by atoms with Crippen LogP contribution in [0.1, 0.15) is 28.9 Å². The minimum Gasteiger partial charge on any atom is -0.355 e. The standard InChI is InChI=1S/C17H18FN3O/c1-12-9-19-10-16(20-12)21-8-2-3-14(11-21)17(22)13-4-6-15(18)7-5-13/h4-7,9-10,14H,2-3,8,11H2,1H3. The summed E-state index contributed by atoms with van der Waals surface area (Å²) in [6, 6.07) is 5.78. The second-order valence-corrected chi connectivity index (χ2v) is 5.67. The predicted octanol–water partition coefficient (Wildman–Crippen LogP) is 3.02. The Morgan fingerprint density at radius 3 is 2.77 bits per heavy atom. The highest BCUT2D eigenvalue weighted by atomic mass is 19.1. The van der Waals surface area contributed by atoms with E-state index in [-0.39, 0.29) is 17.5 Å². The minimum atomic E-state index is -0.322. The fourth-order valence-electron chi connectivity index (χ4n) is 2.85. The molecule has 0 aliphatic carbocycles. The van der Waals surface area contributed by atoms with E-state index in [1.165, 1.54) is 12.1 Å². The molecule has 1 fully saturated rings. The summed E-state index contributed by atoms with van der Waals surface area (Å²) >= 11 is 0. The Kier molecular flexibility index (Phi) is 4.13. The van der Waals surface area contributed by atoms with Crippen LogP contribution in [0.3, 0.4) is 0 Å². The molecule has 1 aliphatic rings. The van der Waals surface area contributed by atoms with Gasteiger partial charge >= 0.3 is 0 Å². The van der Waals surface area contributed by atoms with Crippen molar-refractivity contribution in [1.82, 2.24) is 9.97 Å². The lowest BCUT2D eigenvalue weighted by molar-refractivity contribution is 0.0907. The molecule has 5 heteroatoms. The first-order chi connectivity index (χ1) is 10.6. The van der Waals surface area contributed by atoms with Gasteiger partial charge in [0.15, 0.2) is 5.78 Å². The lowest BCUT2D eigenvalue weighted by atomic mass is 9.90. The molecular formula is C17H18FN3O. The number of anilines is 1. The molecule has 1 saturated heterocycles. The number of piperidine rings is 1. The Labute approximate surface area is 129 Å². The molecule has 114 valence electrons. The Bertz CT molecular complexity index is 672. The molecular weight excluding hydrogens is 281 g/mol. The minimum absolute atomic E-state index is 0.0744. The fraction of sp³-hybridized carbons (Fsp3) is 0.353. The maximum absolute atomic E-state index is 13.0. The van der Waals surface area contributed by atoms with Crippen molar-refractivity contribution < 1.29 is 9.18 Å². The van der Waals surface area contributed by atoms with Gasteiger partial charge in [0.1, 0.15) is 11.6 Å². The predicted molar refractivity (Wildman–Crippen MR) is 82.4 cm³/mol. The third-order valence-electron chi connectivity index (χ3n) is 3.99. The molecule has 1 atom stereocenters. The third-order valence-corrected chi connectivity index (χ3v) is 3.99. The van der Waals surface area contributed by atoms with Gasteiger partial charge in [-0.05, 0) is 44.0 Å². The monoisotopic (exact) mass is 299 g/mol. The summed E-state index contributed by atoms with van der Waals surface area (Å²) in [5.74, 6) is 0.486. The van der Waals surface area contributed by atoms with Gasteiger partial charge in [-0.3, -0.25) is 9.78 Å². The highest BCUT2D eigenvalue weighted by molar-refractivity contribution is 5.98. The molecule has 0 N–H and O–H groups in total. The zero-order valence-corrected chi connectivity index (χ0v) is 12.5. The number of carbonyl (C=O) groups is 1. The van der Waals surface area contributed by atoms with Crippen LogP contribution in [0.5, 0.6) is 0 Å². The second kappa shape index (κ2) is 6.22. The van der Waals surface area contributed by atoms with Crippen molar-refractivity contribution in [3.63, 3.8) is 0 Å². The second-order valence-electron chi connectivity index (χ2n) is 5.67. The SMILES string of the molecule is Cc1cncc(N2CCCC(C(=O)c3ccc(F)cc3)C2)n1. The molecule has 1 aromatic heterocycles. The zero-order chi connectivity index (χ0) is 15.5. The molecule has 3 rings (SSSR count). The smallest absolute Gasteiger partial charge is 0.167 e. The van der Waals surface area contributed by atoms with Crippen LogP contribution in [0.4, 0.5) is 10.2 Å². The number of aromatic nitrogens is 2.